The number of carbonyl (C=O) groups is 1. The molecule has 142 valence electrons. The molecule has 1 amide bonds. The molecule has 2 heterocycles. The quantitative estimate of drug-likeness (QED) is 0.380. The molecule has 0 aromatic heterocycles. The number of guanidine groups is 1. The summed E-state index contributed by atoms with van der Waals surface area (Å²) in [5.74, 6) is 2.52. The minimum atomic E-state index is 0. The number of nitrogens with one attached hydrogen (secondary N) is 2. The lowest BCUT2D eigenvalue weighted by Gasteiger charge is -2.28. The van der Waals surface area contributed by atoms with E-state index in [1.54, 1.807) is 19.0 Å². The number of nitrogens with zero attached hydrogens (tertiary/aromatic N) is 2. The van der Waals surface area contributed by atoms with Crippen LogP contribution in [-0.2, 0) is 9.53 Å². The first-order valence-electron chi connectivity index (χ1n) is 9.51. The van der Waals surface area contributed by atoms with Gasteiger partial charge in [-0.1, -0.05) is 6.42 Å². The van der Waals surface area contributed by atoms with Crippen molar-refractivity contribution in [2.24, 2.45) is 16.8 Å². The average molecular weight is 462 g/mol. The van der Waals surface area contributed by atoms with Crippen molar-refractivity contribution >= 4 is 35.8 Å². The Kier molecular flexibility index (Phi) is 6.13. The summed E-state index contributed by atoms with van der Waals surface area (Å²) >= 11 is 0. The summed E-state index contributed by atoms with van der Waals surface area (Å²) in [5.41, 5.74) is 0. The molecule has 0 aromatic rings. The van der Waals surface area contributed by atoms with E-state index in [-0.39, 0.29) is 36.4 Å². The van der Waals surface area contributed by atoms with Crippen molar-refractivity contribution in [2.75, 3.05) is 20.6 Å². The molecule has 0 aromatic carbocycles. The number of hydrogen-bond acceptors (Lipinski definition) is 3. The third-order valence-electron chi connectivity index (χ3n) is 6.36. The van der Waals surface area contributed by atoms with Gasteiger partial charge in [0.25, 0.3) is 0 Å². The van der Waals surface area contributed by atoms with Gasteiger partial charge in [-0.15, -0.1) is 24.0 Å². The van der Waals surface area contributed by atoms with Gasteiger partial charge >= 0.3 is 0 Å². The van der Waals surface area contributed by atoms with Crippen LogP contribution >= 0.6 is 24.0 Å². The molecule has 4 rings (SSSR count). The fraction of sp³-hybridized carbons (Fsp3) is 0.889. The van der Waals surface area contributed by atoms with E-state index in [0.717, 1.165) is 30.6 Å². The van der Waals surface area contributed by atoms with E-state index in [1.165, 1.54) is 32.1 Å². The zero-order valence-corrected chi connectivity index (χ0v) is 17.6. The molecule has 2 N–H and O–H groups in total. The Balaban J connectivity index is 0.00000182. The number of likely N-dealkylation sites (N-methyl/N-ethyl adjacent to an activating group) is 1. The Morgan fingerprint density at radius 3 is 2.44 bits per heavy atom. The highest BCUT2D eigenvalue weighted by molar-refractivity contribution is 14.0. The van der Waals surface area contributed by atoms with E-state index >= 15 is 0 Å². The molecule has 0 spiro atoms. The Morgan fingerprint density at radius 2 is 1.88 bits per heavy atom. The smallest absolute Gasteiger partial charge is 0.243 e. The molecule has 4 aliphatic rings. The summed E-state index contributed by atoms with van der Waals surface area (Å²) in [5, 5.41) is 7.21. The summed E-state index contributed by atoms with van der Waals surface area (Å²) in [4.78, 5) is 18.1. The first-order valence-corrected chi connectivity index (χ1v) is 9.51. The highest BCUT2D eigenvalue weighted by atomic mass is 127. The van der Waals surface area contributed by atoms with E-state index in [9.17, 15) is 4.79 Å². The number of rotatable bonds is 4. The molecule has 4 bridgehead atoms. The Hall–Kier alpha value is -0.570. The van der Waals surface area contributed by atoms with Gasteiger partial charge in [0, 0.05) is 20.1 Å². The van der Waals surface area contributed by atoms with E-state index in [4.69, 9.17) is 4.74 Å². The van der Waals surface area contributed by atoms with Gasteiger partial charge in [0.05, 0.1) is 18.2 Å². The van der Waals surface area contributed by atoms with Crippen LogP contribution < -0.4 is 10.6 Å². The van der Waals surface area contributed by atoms with Crippen molar-refractivity contribution in [3.8, 4) is 0 Å². The third kappa shape index (κ3) is 4.23. The van der Waals surface area contributed by atoms with Crippen molar-refractivity contribution in [3.63, 3.8) is 0 Å². The first kappa shape index (κ1) is 19.2. The van der Waals surface area contributed by atoms with Crippen molar-refractivity contribution in [2.45, 2.75) is 69.2 Å². The van der Waals surface area contributed by atoms with Gasteiger partial charge < -0.3 is 20.3 Å². The van der Waals surface area contributed by atoms with Crippen LogP contribution in [0.3, 0.4) is 0 Å². The number of halogens is 1. The molecule has 2 aliphatic heterocycles. The normalized spacial score (nSPS) is 38.6. The molecule has 4 fully saturated rings. The molecule has 2 aliphatic carbocycles. The van der Waals surface area contributed by atoms with Gasteiger partial charge in [-0.25, -0.2) is 4.99 Å². The fourth-order valence-electron chi connectivity index (χ4n) is 4.98. The molecular formula is C18H31IN4O2. The monoisotopic (exact) mass is 462 g/mol. The molecule has 2 saturated heterocycles. The topological polar surface area (TPSA) is 66.0 Å². The lowest BCUT2D eigenvalue weighted by Crippen LogP contribution is -2.51. The van der Waals surface area contributed by atoms with Gasteiger partial charge in [0.15, 0.2) is 5.96 Å². The zero-order chi connectivity index (χ0) is 16.7. The predicted octanol–water partition coefficient (Wildman–Crippen LogP) is 1.74. The minimum absolute atomic E-state index is 0. The van der Waals surface area contributed by atoms with Gasteiger partial charge in [-0.3, -0.25) is 4.79 Å². The second-order valence-electron chi connectivity index (χ2n) is 8.24. The maximum atomic E-state index is 11.9. The molecule has 2 saturated carbocycles. The predicted molar refractivity (Wildman–Crippen MR) is 108 cm³/mol. The average Bonchev–Trinajstić information content (AvgIpc) is 3.32. The van der Waals surface area contributed by atoms with Crippen LogP contribution in [0.15, 0.2) is 4.99 Å². The van der Waals surface area contributed by atoms with Gasteiger partial charge in [0.2, 0.25) is 5.91 Å². The maximum absolute atomic E-state index is 11.9. The lowest BCUT2D eigenvalue weighted by atomic mass is 9.95. The lowest BCUT2D eigenvalue weighted by molar-refractivity contribution is -0.127. The second kappa shape index (κ2) is 7.98. The third-order valence-corrected chi connectivity index (χ3v) is 6.36. The number of hydrogen-bond donors (Lipinski definition) is 2. The van der Waals surface area contributed by atoms with Crippen molar-refractivity contribution in [1.29, 1.82) is 0 Å². The van der Waals surface area contributed by atoms with Crippen LogP contribution in [0.2, 0.25) is 0 Å². The standard InChI is InChI=1S/C18H30N4O2.HI/c1-22(2)17(23)10-19-18(20-14-8-11-3-4-12(14)7-11)21-15-9-13-5-6-16(15)24-13;/h11-16H,3-10H2,1-2H3,(H2,19,20,21);1H. The summed E-state index contributed by atoms with van der Waals surface area (Å²) in [6.45, 7) is 0.199. The molecule has 7 heteroatoms. The van der Waals surface area contributed by atoms with E-state index in [1.807, 2.05) is 0 Å². The number of aliphatic imine (C=N–C) groups is 1. The highest BCUT2D eigenvalue weighted by Crippen LogP contribution is 2.44. The van der Waals surface area contributed by atoms with Crippen LogP contribution in [0.4, 0.5) is 0 Å². The summed E-state index contributed by atoms with van der Waals surface area (Å²) in [6, 6.07) is 0.854. The van der Waals surface area contributed by atoms with Crippen LogP contribution in [0.1, 0.15) is 44.9 Å². The maximum Gasteiger partial charge on any atom is 0.243 e. The largest absolute Gasteiger partial charge is 0.373 e. The van der Waals surface area contributed by atoms with Gasteiger partial charge in [-0.05, 0) is 50.4 Å². The molecule has 25 heavy (non-hydrogen) atoms. The second-order valence-corrected chi connectivity index (χ2v) is 8.24. The Labute approximate surface area is 167 Å². The van der Waals surface area contributed by atoms with Crippen molar-refractivity contribution in [3.05, 3.63) is 0 Å². The van der Waals surface area contributed by atoms with Crippen molar-refractivity contribution < 1.29 is 9.53 Å². The molecule has 6 unspecified atom stereocenters. The Morgan fingerprint density at radius 1 is 1.08 bits per heavy atom. The first-order chi connectivity index (χ1) is 11.6. The molecule has 6 atom stereocenters. The van der Waals surface area contributed by atoms with Crippen LogP contribution in [0.5, 0.6) is 0 Å². The fourth-order valence-corrected chi connectivity index (χ4v) is 4.98. The number of ether oxygens (including phenoxy) is 1. The summed E-state index contributed by atoms with van der Waals surface area (Å²) in [7, 11) is 3.55. The summed E-state index contributed by atoms with van der Waals surface area (Å²) in [6.07, 6.45) is 9.45. The molecule has 6 nitrogen and oxygen atoms in total. The highest BCUT2D eigenvalue weighted by Gasteiger charge is 2.43. The molecular weight excluding hydrogens is 431 g/mol. The zero-order valence-electron chi connectivity index (χ0n) is 15.2. The van der Waals surface area contributed by atoms with Gasteiger partial charge in [0.1, 0.15) is 6.54 Å². The molecule has 0 radical (unpaired) electrons. The number of fused-ring (bicyclic) bond motifs is 4. The SMILES string of the molecule is CN(C)C(=O)CN=C(NC1CC2CCC1C2)NC1CC2CCC1O2.I. The van der Waals surface area contributed by atoms with Crippen molar-refractivity contribution in [1.82, 2.24) is 15.5 Å². The Bertz CT molecular complexity index is 495. The number of amides is 1. The van der Waals surface area contributed by atoms with Crippen LogP contribution in [-0.4, -0.2) is 61.7 Å². The van der Waals surface area contributed by atoms with Crippen LogP contribution in [0.25, 0.3) is 0 Å². The number of carbonyl (C=O) groups excluding carboxylic acids is 1. The van der Waals surface area contributed by atoms with E-state index in [0.29, 0.717) is 24.3 Å². The minimum Gasteiger partial charge on any atom is -0.373 e. The van der Waals surface area contributed by atoms with E-state index < -0.39 is 0 Å². The van der Waals surface area contributed by atoms with E-state index in [2.05, 4.69) is 15.6 Å². The van der Waals surface area contributed by atoms with Crippen LogP contribution in [0, 0.1) is 11.8 Å². The summed E-state index contributed by atoms with van der Waals surface area (Å²) < 4.78 is 5.95. The van der Waals surface area contributed by atoms with Gasteiger partial charge in [-0.2, -0.15) is 0 Å².